The van der Waals surface area contributed by atoms with Crippen LogP contribution < -0.4 is 5.32 Å². The van der Waals surface area contributed by atoms with Gasteiger partial charge in [0.15, 0.2) is 0 Å². The molecule has 0 fully saturated rings. The maximum atomic E-state index is 4.12. The highest BCUT2D eigenvalue weighted by molar-refractivity contribution is 5.34. The van der Waals surface area contributed by atoms with E-state index < -0.39 is 0 Å². The third-order valence-electron chi connectivity index (χ3n) is 2.77. The molecule has 0 atom stereocenters. The third kappa shape index (κ3) is 2.71. The highest BCUT2D eigenvalue weighted by Crippen LogP contribution is 2.11. The van der Waals surface area contributed by atoms with Gasteiger partial charge in [0.1, 0.15) is 0 Å². The van der Waals surface area contributed by atoms with Crippen molar-refractivity contribution in [2.75, 3.05) is 6.54 Å². The Morgan fingerprint density at radius 1 is 1.18 bits per heavy atom. The van der Waals surface area contributed by atoms with Gasteiger partial charge in [-0.2, -0.15) is 0 Å². The fraction of sp³-hybridized carbons (Fsp3) is 0.385. The Labute approximate surface area is 102 Å². The van der Waals surface area contributed by atoms with Crippen LogP contribution >= 0.6 is 0 Å². The fourth-order valence-electron chi connectivity index (χ4n) is 1.72. The number of nitrogens with zero attached hydrogens (tertiary/aromatic N) is 3. The molecule has 2 aromatic rings. The molecule has 90 valence electrons. The highest BCUT2D eigenvalue weighted by atomic mass is 15.4. The molecule has 0 saturated heterocycles. The standard InChI is InChI=1S/C13H18N4/c1-3-11-5-7-12(8-6-11)17-13(9-14-4-2)10-15-16-17/h5-8,10,14H,3-4,9H2,1-2H3. The summed E-state index contributed by atoms with van der Waals surface area (Å²) in [4.78, 5) is 0. The van der Waals surface area contributed by atoms with E-state index in [4.69, 9.17) is 0 Å². The average Bonchev–Trinajstić information content (AvgIpc) is 2.84. The van der Waals surface area contributed by atoms with Crippen LogP contribution in [-0.2, 0) is 13.0 Å². The van der Waals surface area contributed by atoms with Crippen molar-refractivity contribution in [2.45, 2.75) is 26.8 Å². The van der Waals surface area contributed by atoms with Crippen molar-refractivity contribution in [1.82, 2.24) is 20.3 Å². The van der Waals surface area contributed by atoms with Crippen LogP contribution in [0.3, 0.4) is 0 Å². The van der Waals surface area contributed by atoms with Gasteiger partial charge in [-0.1, -0.05) is 31.2 Å². The van der Waals surface area contributed by atoms with Crippen LogP contribution in [0.15, 0.2) is 30.5 Å². The Morgan fingerprint density at radius 3 is 2.59 bits per heavy atom. The SMILES string of the molecule is CCNCc1cnnn1-c1ccc(CC)cc1. The molecule has 17 heavy (non-hydrogen) atoms. The summed E-state index contributed by atoms with van der Waals surface area (Å²) >= 11 is 0. The lowest BCUT2D eigenvalue weighted by molar-refractivity contribution is 0.672. The van der Waals surface area contributed by atoms with Crippen molar-refractivity contribution in [3.63, 3.8) is 0 Å². The topological polar surface area (TPSA) is 42.7 Å². The Bertz CT molecular complexity index is 459. The summed E-state index contributed by atoms with van der Waals surface area (Å²) in [6.07, 6.45) is 2.86. The second-order valence-corrected chi connectivity index (χ2v) is 3.94. The molecule has 4 heteroatoms. The first-order valence-corrected chi connectivity index (χ1v) is 6.04. The maximum absolute atomic E-state index is 4.12. The molecule has 0 bridgehead atoms. The van der Waals surface area contributed by atoms with Crippen LogP contribution in [0.2, 0.25) is 0 Å². The second kappa shape index (κ2) is 5.59. The molecule has 0 aliphatic carbocycles. The van der Waals surface area contributed by atoms with E-state index >= 15 is 0 Å². The summed E-state index contributed by atoms with van der Waals surface area (Å²) in [6.45, 7) is 5.98. The summed E-state index contributed by atoms with van der Waals surface area (Å²) in [7, 11) is 0. The molecule has 0 spiro atoms. The van der Waals surface area contributed by atoms with Gasteiger partial charge >= 0.3 is 0 Å². The summed E-state index contributed by atoms with van der Waals surface area (Å²) in [6, 6.07) is 8.44. The van der Waals surface area contributed by atoms with Crippen LogP contribution in [0.4, 0.5) is 0 Å². The molecule has 0 saturated carbocycles. The van der Waals surface area contributed by atoms with Crippen molar-refractivity contribution in [3.05, 3.63) is 41.7 Å². The van der Waals surface area contributed by atoms with E-state index in [1.807, 2.05) is 4.68 Å². The molecule has 0 radical (unpaired) electrons. The lowest BCUT2D eigenvalue weighted by Crippen LogP contribution is -2.15. The number of nitrogens with one attached hydrogen (secondary N) is 1. The van der Waals surface area contributed by atoms with Gasteiger partial charge in [-0.25, -0.2) is 4.68 Å². The number of aryl methyl sites for hydroxylation is 1. The zero-order valence-corrected chi connectivity index (χ0v) is 10.3. The van der Waals surface area contributed by atoms with Crippen LogP contribution in [0.25, 0.3) is 5.69 Å². The smallest absolute Gasteiger partial charge is 0.0783 e. The summed E-state index contributed by atoms with van der Waals surface area (Å²) < 4.78 is 1.88. The summed E-state index contributed by atoms with van der Waals surface area (Å²) in [5.74, 6) is 0. The molecule has 1 aromatic carbocycles. The van der Waals surface area contributed by atoms with Gasteiger partial charge in [0.2, 0.25) is 0 Å². The zero-order valence-electron chi connectivity index (χ0n) is 10.3. The Morgan fingerprint density at radius 2 is 1.94 bits per heavy atom. The number of hydrogen-bond acceptors (Lipinski definition) is 3. The van der Waals surface area contributed by atoms with E-state index in [1.54, 1.807) is 6.20 Å². The van der Waals surface area contributed by atoms with Crippen LogP contribution in [0.5, 0.6) is 0 Å². The van der Waals surface area contributed by atoms with Crippen molar-refractivity contribution >= 4 is 0 Å². The maximum Gasteiger partial charge on any atom is 0.0783 e. The molecule has 0 unspecified atom stereocenters. The average molecular weight is 230 g/mol. The molecule has 4 nitrogen and oxygen atoms in total. The van der Waals surface area contributed by atoms with Gasteiger partial charge in [0, 0.05) is 6.54 Å². The van der Waals surface area contributed by atoms with Gasteiger partial charge in [-0.3, -0.25) is 0 Å². The van der Waals surface area contributed by atoms with Gasteiger partial charge in [0.05, 0.1) is 17.6 Å². The van der Waals surface area contributed by atoms with E-state index in [1.165, 1.54) is 5.56 Å². The quantitative estimate of drug-likeness (QED) is 0.853. The molecule has 0 aliphatic rings. The minimum atomic E-state index is 0.791. The molecule has 1 N–H and O–H groups in total. The number of hydrogen-bond donors (Lipinski definition) is 1. The number of rotatable bonds is 5. The van der Waals surface area contributed by atoms with E-state index in [9.17, 15) is 0 Å². The molecule has 0 amide bonds. The lowest BCUT2D eigenvalue weighted by atomic mass is 10.1. The first kappa shape index (κ1) is 11.8. The summed E-state index contributed by atoms with van der Waals surface area (Å²) in [5.41, 5.74) is 3.48. The Kier molecular flexibility index (Phi) is 3.88. The molecular formula is C13H18N4. The molecule has 1 heterocycles. The van der Waals surface area contributed by atoms with E-state index in [-0.39, 0.29) is 0 Å². The minimum Gasteiger partial charge on any atom is -0.311 e. The van der Waals surface area contributed by atoms with Crippen LogP contribution in [-0.4, -0.2) is 21.5 Å². The first-order valence-electron chi connectivity index (χ1n) is 6.04. The van der Waals surface area contributed by atoms with E-state index in [2.05, 4.69) is 53.7 Å². The van der Waals surface area contributed by atoms with Crippen molar-refractivity contribution < 1.29 is 0 Å². The molecule has 2 rings (SSSR count). The van der Waals surface area contributed by atoms with E-state index in [0.29, 0.717) is 0 Å². The monoisotopic (exact) mass is 230 g/mol. The largest absolute Gasteiger partial charge is 0.311 e. The van der Waals surface area contributed by atoms with Crippen molar-refractivity contribution in [2.24, 2.45) is 0 Å². The minimum absolute atomic E-state index is 0.791. The lowest BCUT2D eigenvalue weighted by Gasteiger charge is -2.07. The van der Waals surface area contributed by atoms with Gasteiger partial charge in [-0.05, 0) is 30.7 Å². The van der Waals surface area contributed by atoms with Crippen LogP contribution in [0, 0.1) is 0 Å². The van der Waals surface area contributed by atoms with E-state index in [0.717, 1.165) is 30.9 Å². The van der Waals surface area contributed by atoms with Crippen LogP contribution in [0.1, 0.15) is 25.1 Å². The molecule has 0 aliphatic heterocycles. The molecule has 1 aromatic heterocycles. The highest BCUT2D eigenvalue weighted by Gasteiger charge is 2.05. The normalized spacial score (nSPS) is 10.7. The second-order valence-electron chi connectivity index (χ2n) is 3.94. The molecular weight excluding hydrogens is 212 g/mol. The number of aromatic nitrogens is 3. The third-order valence-corrected chi connectivity index (χ3v) is 2.77. The zero-order chi connectivity index (χ0) is 12.1. The fourth-order valence-corrected chi connectivity index (χ4v) is 1.72. The predicted octanol–water partition coefficient (Wildman–Crippen LogP) is 1.94. The Hall–Kier alpha value is -1.68. The van der Waals surface area contributed by atoms with Gasteiger partial charge < -0.3 is 5.32 Å². The summed E-state index contributed by atoms with van der Waals surface area (Å²) in [5, 5.41) is 11.4. The van der Waals surface area contributed by atoms with Gasteiger partial charge in [-0.15, -0.1) is 5.10 Å². The predicted molar refractivity (Wildman–Crippen MR) is 68.1 cm³/mol. The first-order chi connectivity index (χ1) is 8.35. The van der Waals surface area contributed by atoms with Gasteiger partial charge in [0.25, 0.3) is 0 Å². The van der Waals surface area contributed by atoms with Crippen molar-refractivity contribution in [3.8, 4) is 5.69 Å². The Balaban J connectivity index is 2.23. The number of benzene rings is 1. The van der Waals surface area contributed by atoms with Crippen molar-refractivity contribution in [1.29, 1.82) is 0 Å².